The molecule has 0 radical (unpaired) electrons. The molecule has 0 amide bonds. The Hall–Kier alpha value is -4.45. The number of ether oxygens (including phenoxy) is 1. The van der Waals surface area contributed by atoms with Crippen molar-refractivity contribution in [3.05, 3.63) is 136 Å². The molecule has 1 aliphatic rings. The summed E-state index contributed by atoms with van der Waals surface area (Å²) < 4.78 is 20.4. The van der Waals surface area contributed by atoms with E-state index in [-0.39, 0.29) is 4.92 Å². The van der Waals surface area contributed by atoms with E-state index in [4.69, 9.17) is 4.74 Å². The van der Waals surface area contributed by atoms with Gasteiger partial charge in [-0.05, 0) is 29.8 Å². The molecular weight excluding hydrogens is 443 g/mol. The number of aromatic nitrogens is 1. The molecule has 2 heterocycles. The summed E-state index contributed by atoms with van der Waals surface area (Å²) in [7, 11) is 0. The number of aromatic amines is 1. The highest BCUT2D eigenvalue weighted by molar-refractivity contribution is 5.92. The third-order valence-electron chi connectivity index (χ3n) is 6.70. The van der Waals surface area contributed by atoms with Crippen LogP contribution in [0.15, 0.2) is 103 Å². The maximum Gasteiger partial charge on any atom is 0.264 e. The second kappa shape index (κ2) is 8.40. The fourth-order valence-corrected chi connectivity index (χ4v) is 5.24. The number of fused-ring (bicyclic) bond motifs is 2. The summed E-state index contributed by atoms with van der Waals surface area (Å²) in [5, 5.41) is 13.7. The van der Waals surface area contributed by atoms with Crippen LogP contribution < -0.4 is 4.74 Å². The average molecular weight is 464 g/mol. The number of H-pyrrole nitrogens is 1. The average Bonchev–Trinajstić information content (AvgIpc) is 3.27. The van der Waals surface area contributed by atoms with Crippen LogP contribution in [0.5, 0.6) is 5.75 Å². The van der Waals surface area contributed by atoms with E-state index < -0.39 is 23.9 Å². The van der Waals surface area contributed by atoms with E-state index in [2.05, 4.69) is 4.98 Å². The van der Waals surface area contributed by atoms with Crippen LogP contribution in [-0.4, -0.2) is 15.9 Å². The molecular formula is C29H21FN2O3. The van der Waals surface area contributed by atoms with Gasteiger partial charge in [0.15, 0.2) is 6.10 Å². The topological polar surface area (TPSA) is 68.2 Å². The Bertz CT molecular complexity index is 1550. The van der Waals surface area contributed by atoms with Crippen molar-refractivity contribution in [2.75, 3.05) is 0 Å². The smallest absolute Gasteiger partial charge is 0.264 e. The summed E-state index contributed by atoms with van der Waals surface area (Å²) in [6, 6.07) is 29.8. The molecule has 35 heavy (non-hydrogen) atoms. The minimum absolute atomic E-state index is 0.285. The van der Waals surface area contributed by atoms with Gasteiger partial charge in [0.1, 0.15) is 11.6 Å². The van der Waals surface area contributed by atoms with Crippen LogP contribution in [0.4, 0.5) is 4.39 Å². The summed E-state index contributed by atoms with van der Waals surface area (Å²) in [6.45, 7) is 0. The Morgan fingerprint density at radius 1 is 0.857 bits per heavy atom. The van der Waals surface area contributed by atoms with Crippen LogP contribution in [0, 0.1) is 15.9 Å². The second-order valence-electron chi connectivity index (χ2n) is 8.71. The lowest BCUT2D eigenvalue weighted by atomic mass is 9.77. The third kappa shape index (κ3) is 3.54. The summed E-state index contributed by atoms with van der Waals surface area (Å²) in [5.41, 5.74) is 4.68. The molecule has 3 atom stereocenters. The number of rotatable bonds is 4. The molecule has 1 aliphatic heterocycles. The van der Waals surface area contributed by atoms with E-state index in [9.17, 15) is 14.5 Å². The van der Waals surface area contributed by atoms with Crippen molar-refractivity contribution in [2.45, 2.75) is 18.1 Å². The Morgan fingerprint density at radius 3 is 2.40 bits per heavy atom. The van der Waals surface area contributed by atoms with Crippen molar-refractivity contribution in [3.63, 3.8) is 0 Å². The minimum atomic E-state index is -1.17. The fourth-order valence-electron chi connectivity index (χ4n) is 5.24. The van der Waals surface area contributed by atoms with Crippen molar-refractivity contribution >= 4 is 10.9 Å². The summed E-state index contributed by atoms with van der Waals surface area (Å²) >= 11 is 0. The number of hydrogen-bond donors (Lipinski definition) is 1. The van der Waals surface area contributed by atoms with E-state index in [1.165, 1.54) is 12.1 Å². The van der Waals surface area contributed by atoms with Crippen LogP contribution in [-0.2, 0) is 0 Å². The number of halogens is 1. The number of nitro groups is 1. The minimum Gasteiger partial charge on any atom is -0.478 e. The molecule has 4 aromatic carbocycles. The SMILES string of the molecule is O=[N+]([O-])[C@H]1[C@H](c2c(-c3ccccc3)[nH]c3ccccc23)c2ccccc2O[C@H]1c1cccc(F)c1. The standard InChI is InChI=1S/C29H21FN2O3/c30-20-12-8-11-19(17-20)29-28(32(33)34)26(22-14-5-7-16-24(22)35-29)25-21-13-4-6-15-23(21)31-27(25)18-9-2-1-3-10-18/h1-17,26,28-29,31H/t26-,28-,29-/m0/s1. The van der Waals surface area contributed by atoms with Gasteiger partial charge in [-0.3, -0.25) is 10.1 Å². The molecule has 0 saturated carbocycles. The molecule has 5 nitrogen and oxygen atoms in total. The third-order valence-corrected chi connectivity index (χ3v) is 6.70. The van der Waals surface area contributed by atoms with Gasteiger partial charge in [-0.25, -0.2) is 4.39 Å². The van der Waals surface area contributed by atoms with Crippen molar-refractivity contribution in [1.82, 2.24) is 4.98 Å². The molecule has 0 bridgehead atoms. The Morgan fingerprint density at radius 2 is 1.60 bits per heavy atom. The predicted molar refractivity (Wildman–Crippen MR) is 133 cm³/mol. The molecule has 0 aliphatic carbocycles. The Balaban J connectivity index is 1.66. The normalized spacial score (nSPS) is 19.2. The van der Waals surface area contributed by atoms with Crippen molar-refractivity contribution < 1.29 is 14.1 Å². The summed E-state index contributed by atoms with van der Waals surface area (Å²) in [6.07, 6.45) is -0.960. The van der Waals surface area contributed by atoms with E-state index in [0.717, 1.165) is 33.3 Å². The first-order valence-corrected chi connectivity index (χ1v) is 11.4. The highest BCUT2D eigenvalue weighted by Crippen LogP contribution is 2.50. The van der Waals surface area contributed by atoms with Gasteiger partial charge in [0.2, 0.25) is 0 Å². The van der Waals surface area contributed by atoms with E-state index >= 15 is 0 Å². The van der Waals surface area contributed by atoms with Gasteiger partial charge >= 0.3 is 0 Å². The molecule has 1 N–H and O–H groups in total. The van der Waals surface area contributed by atoms with E-state index in [1.807, 2.05) is 78.9 Å². The highest BCUT2D eigenvalue weighted by atomic mass is 19.1. The molecule has 0 spiro atoms. The second-order valence-corrected chi connectivity index (χ2v) is 8.71. The molecule has 0 unspecified atom stereocenters. The molecule has 1 aromatic heterocycles. The van der Waals surface area contributed by atoms with Crippen LogP contribution in [0.3, 0.4) is 0 Å². The monoisotopic (exact) mass is 464 g/mol. The first-order chi connectivity index (χ1) is 17.1. The van der Waals surface area contributed by atoms with Gasteiger partial charge in [-0.15, -0.1) is 0 Å². The zero-order chi connectivity index (χ0) is 23.9. The van der Waals surface area contributed by atoms with Gasteiger partial charge in [-0.2, -0.15) is 0 Å². The summed E-state index contributed by atoms with van der Waals surface area (Å²) in [5.74, 6) is -0.524. The van der Waals surface area contributed by atoms with Gasteiger partial charge in [0, 0.05) is 32.5 Å². The zero-order valence-electron chi connectivity index (χ0n) is 18.6. The van der Waals surface area contributed by atoms with Gasteiger partial charge in [0.05, 0.1) is 11.6 Å². The molecule has 172 valence electrons. The van der Waals surface area contributed by atoms with Crippen molar-refractivity contribution in [3.8, 4) is 17.0 Å². The summed E-state index contributed by atoms with van der Waals surface area (Å²) in [4.78, 5) is 16.0. The highest BCUT2D eigenvalue weighted by Gasteiger charge is 2.49. The molecule has 5 aromatic rings. The van der Waals surface area contributed by atoms with E-state index in [0.29, 0.717) is 11.3 Å². The van der Waals surface area contributed by atoms with E-state index in [1.54, 1.807) is 12.1 Å². The van der Waals surface area contributed by atoms with Crippen LogP contribution in [0.2, 0.25) is 0 Å². The number of nitrogens with zero attached hydrogens (tertiary/aromatic N) is 1. The zero-order valence-corrected chi connectivity index (χ0v) is 18.6. The van der Waals surface area contributed by atoms with Gasteiger partial charge in [0.25, 0.3) is 6.04 Å². The maximum atomic E-state index is 14.2. The first-order valence-electron chi connectivity index (χ1n) is 11.4. The maximum absolute atomic E-state index is 14.2. The predicted octanol–water partition coefficient (Wildman–Crippen LogP) is 6.88. The molecule has 6 heteroatoms. The van der Waals surface area contributed by atoms with Crippen LogP contribution in [0.25, 0.3) is 22.2 Å². The van der Waals surface area contributed by atoms with Crippen molar-refractivity contribution in [2.24, 2.45) is 0 Å². The Kier molecular flexibility index (Phi) is 5.07. The number of hydrogen-bond acceptors (Lipinski definition) is 3. The van der Waals surface area contributed by atoms with Crippen molar-refractivity contribution in [1.29, 1.82) is 0 Å². The fraction of sp³-hybridized carbons (Fsp3) is 0.103. The quantitative estimate of drug-likeness (QED) is 0.233. The first kappa shape index (κ1) is 21.1. The molecule has 6 rings (SSSR count). The molecule has 0 saturated heterocycles. The van der Waals surface area contributed by atoms with Gasteiger partial charge < -0.3 is 9.72 Å². The number of para-hydroxylation sites is 2. The van der Waals surface area contributed by atoms with Gasteiger partial charge in [-0.1, -0.05) is 78.9 Å². The number of benzene rings is 4. The van der Waals surface area contributed by atoms with Crippen LogP contribution >= 0.6 is 0 Å². The molecule has 0 fully saturated rings. The van der Waals surface area contributed by atoms with Crippen LogP contribution in [0.1, 0.15) is 28.7 Å². The number of nitrogens with one attached hydrogen (secondary N) is 1. The largest absolute Gasteiger partial charge is 0.478 e. The lowest BCUT2D eigenvalue weighted by molar-refractivity contribution is -0.538. The Labute approximate surface area is 201 Å². The lowest BCUT2D eigenvalue weighted by Crippen LogP contribution is -2.41. The lowest BCUT2D eigenvalue weighted by Gasteiger charge is -2.35.